The second-order valence-corrected chi connectivity index (χ2v) is 7.16. The van der Waals surface area contributed by atoms with Gasteiger partial charge in [0.05, 0.1) is 11.3 Å². The Morgan fingerprint density at radius 2 is 1.59 bits per heavy atom. The predicted octanol–water partition coefficient (Wildman–Crippen LogP) is 4.96. The molecular weight excluding hydrogens is 340 g/mol. The van der Waals surface area contributed by atoms with Crippen LogP contribution in [0.3, 0.4) is 0 Å². The van der Waals surface area contributed by atoms with Gasteiger partial charge in [-0.2, -0.15) is 4.98 Å². The number of rotatable bonds is 5. The van der Waals surface area contributed by atoms with Crippen LogP contribution < -0.4 is 10.6 Å². The lowest BCUT2D eigenvalue weighted by Gasteiger charge is -2.23. The first-order valence-corrected chi connectivity index (χ1v) is 8.63. The zero-order chi connectivity index (χ0) is 19.4. The van der Waals surface area contributed by atoms with E-state index in [4.69, 9.17) is 0 Å². The van der Waals surface area contributed by atoms with Gasteiger partial charge in [-0.3, -0.25) is 0 Å². The summed E-state index contributed by atoms with van der Waals surface area (Å²) in [6, 6.07) is 16.4. The summed E-state index contributed by atoms with van der Waals surface area (Å²) in [5.41, 5.74) is 2.73. The highest BCUT2D eigenvalue weighted by Gasteiger charge is 2.18. The number of benzene rings is 2. The summed E-state index contributed by atoms with van der Waals surface area (Å²) in [5, 5.41) is 15.6. The quantitative estimate of drug-likeness (QED) is 0.595. The number of nitrogens with zero attached hydrogens (tertiary/aromatic N) is 2. The van der Waals surface area contributed by atoms with Crippen molar-refractivity contribution in [2.24, 2.45) is 0 Å². The molecule has 0 bridgehead atoms. The standard InChI is InChI=1S/C21H22N4O2/c1-21(2,3)15-9-5-7-11-17(15)24-20-22-13-12-18(25-20)23-16-10-6-4-8-14(16)19(26)27/h4-13H,1-3H3,(H,26,27)(H2,22,23,24,25). The Hall–Kier alpha value is -3.41. The van der Waals surface area contributed by atoms with Crippen molar-refractivity contribution in [3.63, 3.8) is 0 Å². The van der Waals surface area contributed by atoms with Crippen LogP contribution in [0.5, 0.6) is 0 Å². The van der Waals surface area contributed by atoms with Gasteiger partial charge in [0.1, 0.15) is 5.82 Å². The van der Waals surface area contributed by atoms with Crippen LogP contribution in [-0.4, -0.2) is 21.0 Å². The monoisotopic (exact) mass is 362 g/mol. The highest BCUT2D eigenvalue weighted by atomic mass is 16.4. The minimum atomic E-state index is -0.996. The van der Waals surface area contributed by atoms with E-state index < -0.39 is 5.97 Å². The summed E-state index contributed by atoms with van der Waals surface area (Å²) in [6.45, 7) is 6.44. The van der Waals surface area contributed by atoms with Crippen LogP contribution in [-0.2, 0) is 5.41 Å². The van der Waals surface area contributed by atoms with Crippen molar-refractivity contribution in [2.75, 3.05) is 10.6 Å². The van der Waals surface area contributed by atoms with Gasteiger partial charge in [-0.05, 0) is 35.2 Å². The maximum atomic E-state index is 11.4. The summed E-state index contributed by atoms with van der Waals surface area (Å²) < 4.78 is 0. The molecule has 0 amide bonds. The number of carbonyl (C=O) groups is 1. The number of carboxylic acids is 1. The molecule has 27 heavy (non-hydrogen) atoms. The molecule has 0 saturated heterocycles. The molecule has 0 unspecified atom stereocenters. The maximum Gasteiger partial charge on any atom is 0.337 e. The highest BCUT2D eigenvalue weighted by molar-refractivity contribution is 5.95. The van der Waals surface area contributed by atoms with E-state index in [0.29, 0.717) is 17.5 Å². The van der Waals surface area contributed by atoms with E-state index in [1.54, 1.807) is 36.5 Å². The van der Waals surface area contributed by atoms with Gasteiger partial charge in [0, 0.05) is 11.9 Å². The molecule has 0 radical (unpaired) electrons. The number of hydrogen-bond acceptors (Lipinski definition) is 5. The fraction of sp³-hybridized carbons (Fsp3) is 0.190. The third kappa shape index (κ3) is 4.41. The van der Waals surface area contributed by atoms with E-state index in [1.165, 1.54) is 0 Å². The Bertz CT molecular complexity index is 964. The van der Waals surface area contributed by atoms with Gasteiger partial charge in [-0.25, -0.2) is 9.78 Å². The van der Waals surface area contributed by atoms with Crippen molar-refractivity contribution in [3.8, 4) is 0 Å². The molecule has 1 heterocycles. The van der Waals surface area contributed by atoms with Crippen molar-refractivity contribution < 1.29 is 9.90 Å². The summed E-state index contributed by atoms with van der Waals surface area (Å²) in [7, 11) is 0. The smallest absolute Gasteiger partial charge is 0.337 e. The minimum Gasteiger partial charge on any atom is -0.478 e. The number of nitrogens with one attached hydrogen (secondary N) is 2. The van der Waals surface area contributed by atoms with E-state index in [0.717, 1.165) is 11.3 Å². The Balaban J connectivity index is 1.87. The Labute approximate surface area is 158 Å². The van der Waals surface area contributed by atoms with E-state index >= 15 is 0 Å². The number of para-hydroxylation sites is 2. The van der Waals surface area contributed by atoms with Gasteiger partial charge in [0.25, 0.3) is 0 Å². The average Bonchev–Trinajstić information content (AvgIpc) is 2.62. The van der Waals surface area contributed by atoms with Crippen LogP contribution in [0, 0.1) is 0 Å². The predicted molar refractivity (Wildman–Crippen MR) is 107 cm³/mol. The fourth-order valence-corrected chi connectivity index (χ4v) is 2.77. The van der Waals surface area contributed by atoms with Crippen LogP contribution in [0.4, 0.5) is 23.1 Å². The molecule has 3 aromatic rings. The van der Waals surface area contributed by atoms with E-state index in [9.17, 15) is 9.90 Å². The molecule has 6 nitrogen and oxygen atoms in total. The highest BCUT2D eigenvalue weighted by Crippen LogP contribution is 2.30. The van der Waals surface area contributed by atoms with E-state index in [1.807, 2.05) is 18.2 Å². The lowest BCUT2D eigenvalue weighted by Crippen LogP contribution is -2.14. The summed E-state index contributed by atoms with van der Waals surface area (Å²) in [6.07, 6.45) is 1.63. The van der Waals surface area contributed by atoms with Crippen LogP contribution in [0.15, 0.2) is 60.8 Å². The van der Waals surface area contributed by atoms with Gasteiger partial charge >= 0.3 is 5.97 Å². The SMILES string of the molecule is CC(C)(C)c1ccccc1Nc1nccc(Nc2ccccc2C(=O)O)n1. The number of hydrogen-bond donors (Lipinski definition) is 3. The fourth-order valence-electron chi connectivity index (χ4n) is 2.77. The van der Waals surface area contributed by atoms with E-state index in [2.05, 4.69) is 47.4 Å². The molecule has 0 spiro atoms. The van der Waals surface area contributed by atoms with Gasteiger partial charge in [0.2, 0.25) is 5.95 Å². The van der Waals surface area contributed by atoms with Crippen molar-refractivity contribution in [1.82, 2.24) is 9.97 Å². The third-order valence-corrected chi connectivity index (χ3v) is 4.06. The first-order valence-electron chi connectivity index (χ1n) is 8.63. The number of anilines is 4. The molecule has 6 heteroatoms. The van der Waals surface area contributed by atoms with Crippen LogP contribution in [0.1, 0.15) is 36.7 Å². The number of carboxylic acid groups (broad SMARTS) is 1. The third-order valence-electron chi connectivity index (χ3n) is 4.06. The second kappa shape index (κ2) is 7.45. The maximum absolute atomic E-state index is 11.4. The van der Waals surface area contributed by atoms with E-state index in [-0.39, 0.29) is 11.0 Å². The minimum absolute atomic E-state index is 0.0279. The van der Waals surface area contributed by atoms with Crippen LogP contribution in [0.25, 0.3) is 0 Å². The Kier molecular flexibility index (Phi) is 5.07. The molecule has 0 aliphatic rings. The number of aromatic nitrogens is 2. The lowest BCUT2D eigenvalue weighted by atomic mass is 9.86. The van der Waals surface area contributed by atoms with Gasteiger partial charge in [-0.1, -0.05) is 51.1 Å². The summed E-state index contributed by atoms with van der Waals surface area (Å²) in [5.74, 6) is -0.0523. The Morgan fingerprint density at radius 3 is 2.30 bits per heavy atom. The van der Waals surface area contributed by atoms with Crippen molar-refractivity contribution in [1.29, 1.82) is 0 Å². The molecular formula is C21H22N4O2. The van der Waals surface area contributed by atoms with Crippen LogP contribution >= 0.6 is 0 Å². The normalized spacial score (nSPS) is 11.1. The molecule has 0 saturated carbocycles. The van der Waals surface area contributed by atoms with Crippen molar-refractivity contribution in [3.05, 3.63) is 71.9 Å². The molecule has 2 aromatic carbocycles. The van der Waals surface area contributed by atoms with Crippen LogP contribution in [0.2, 0.25) is 0 Å². The molecule has 0 aliphatic heterocycles. The first-order chi connectivity index (χ1) is 12.8. The Morgan fingerprint density at radius 1 is 0.926 bits per heavy atom. The average molecular weight is 362 g/mol. The molecule has 3 N–H and O–H groups in total. The molecule has 138 valence electrons. The molecule has 0 aliphatic carbocycles. The van der Waals surface area contributed by atoms with Crippen molar-refractivity contribution >= 4 is 29.1 Å². The van der Waals surface area contributed by atoms with Gasteiger partial charge < -0.3 is 15.7 Å². The summed E-state index contributed by atoms with van der Waals surface area (Å²) in [4.78, 5) is 20.1. The molecule has 3 rings (SSSR count). The molecule has 0 atom stereocenters. The van der Waals surface area contributed by atoms with Crippen molar-refractivity contribution in [2.45, 2.75) is 26.2 Å². The zero-order valence-corrected chi connectivity index (χ0v) is 15.5. The van der Waals surface area contributed by atoms with Gasteiger partial charge in [0.15, 0.2) is 0 Å². The first kappa shape index (κ1) is 18.4. The molecule has 0 fully saturated rings. The second-order valence-electron chi connectivity index (χ2n) is 7.16. The lowest BCUT2D eigenvalue weighted by molar-refractivity contribution is 0.0698. The summed E-state index contributed by atoms with van der Waals surface area (Å²) >= 11 is 0. The topological polar surface area (TPSA) is 87.1 Å². The largest absolute Gasteiger partial charge is 0.478 e. The zero-order valence-electron chi connectivity index (χ0n) is 15.5. The molecule has 1 aromatic heterocycles. The number of aromatic carboxylic acids is 1. The van der Waals surface area contributed by atoms with Gasteiger partial charge in [-0.15, -0.1) is 0 Å².